The Labute approximate surface area is 163 Å². The molecule has 0 bridgehead atoms. The van der Waals surface area contributed by atoms with Crippen LogP contribution in [0.1, 0.15) is 38.2 Å². The first-order chi connectivity index (χ1) is 13.1. The van der Waals surface area contributed by atoms with Crippen LogP contribution in [0.5, 0.6) is 0 Å². The molecule has 5 heteroatoms. The van der Waals surface area contributed by atoms with Gasteiger partial charge in [-0.05, 0) is 61.4 Å². The van der Waals surface area contributed by atoms with E-state index < -0.39 is 10.0 Å². The van der Waals surface area contributed by atoms with Gasteiger partial charge >= 0.3 is 0 Å². The summed E-state index contributed by atoms with van der Waals surface area (Å²) in [6.07, 6.45) is 5.11. The Morgan fingerprint density at radius 2 is 1.67 bits per heavy atom. The Balaban J connectivity index is 1.51. The van der Waals surface area contributed by atoms with Crippen LogP contribution in [0.2, 0.25) is 0 Å². The molecule has 1 N–H and O–H groups in total. The van der Waals surface area contributed by atoms with Crippen LogP contribution in [0, 0.1) is 5.92 Å². The molecule has 1 saturated heterocycles. The van der Waals surface area contributed by atoms with Crippen LogP contribution in [0.3, 0.4) is 0 Å². The molecular formula is C22H30N2O2S. The highest BCUT2D eigenvalue weighted by Crippen LogP contribution is 2.27. The number of hydrogen-bond acceptors (Lipinski definition) is 3. The molecule has 4 nitrogen and oxygen atoms in total. The second kappa shape index (κ2) is 9.27. The first kappa shape index (κ1) is 19.7. The molecule has 1 fully saturated rings. The van der Waals surface area contributed by atoms with Crippen molar-refractivity contribution >= 4 is 21.4 Å². The lowest BCUT2D eigenvalue weighted by atomic mass is 9.90. The number of hydrogen-bond donors (Lipinski definition) is 1. The average Bonchev–Trinajstić information content (AvgIpc) is 2.68. The summed E-state index contributed by atoms with van der Waals surface area (Å²) >= 11 is 0. The molecular weight excluding hydrogens is 356 g/mol. The highest BCUT2D eigenvalue weighted by atomic mass is 32.2. The van der Waals surface area contributed by atoms with Gasteiger partial charge in [0, 0.05) is 24.5 Å². The lowest BCUT2D eigenvalue weighted by molar-refractivity contribution is 0.404. The smallest absolute Gasteiger partial charge is 0.232 e. The lowest BCUT2D eigenvalue weighted by Gasteiger charge is -2.33. The van der Waals surface area contributed by atoms with Crippen LogP contribution >= 0.6 is 0 Å². The summed E-state index contributed by atoms with van der Waals surface area (Å²) in [5.74, 6) is 0.925. The second-order valence-electron chi connectivity index (χ2n) is 7.44. The number of benzene rings is 2. The third-order valence-electron chi connectivity index (χ3n) is 5.25. The van der Waals surface area contributed by atoms with E-state index >= 15 is 0 Å². The second-order valence-corrected chi connectivity index (χ2v) is 9.28. The molecule has 0 saturated carbocycles. The third-order valence-corrected chi connectivity index (χ3v) is 6.63. The van der Waals surface area contributed by atoms with Gasteiger partial charge in [-0.1, -0.05) is 43.7 Å². The van der Waals surface area contributed by atoms with E-state index in [0.717, 1.165) is 31.8 Å². The first-order valence-corrected chi connectivity index (χ1v) is 11.6. The van der Waals surface area contributed by atoms with E-state index in [2.05, 4.69) is 40.0 Å². The van der Waals surface area contributed by atoms with Crippen molar-refractivity contribution in [2.45, 2.75) is 39.0 Å². The van der Waals surface area contributed by atoms with E-state index in [-0.39, 0.29) is 5.75 Å². The molecule has 0 unspecified atom stereocenters. The quantitative estimate of drug-likeness (QED) is 0.716. The number of anilines is 2. The van der Waals surface area contributed by atoms with E-state index in [0.29, 0.717) is 12.1 Å². The van der Waals surface area contributed by atoms with Gasteiger partial charge < -0.3 is 4.90 Å². The molecule has 1 aliphatic heterocycles. The molecule has 146 valence electrons. The Morgan fingerprint density at radius 1 is 1.00 bits per heavy atom. The van der Waals surface area contributed by atoms with E-state index in [1.807, 2.05) is 31.2 Å². The van der Waals surface area contributed by atoms with Gasteiger partial charge in [-0.2, -0.15) is 0 Å². The highest BCUT2D eigenvalue weighted by Gasteiger charge is 2.20. The number of nitrogens with zero attached hydrogens (tertiary/aromatic N) is 1. The van der Waals surface area contributed by atoms with Crippen LogP contribution in [-0.2, 0) is 16.4 Å². The van der Waals surface area contributed by atoms with Crippen molar-refractivity contribution in [3.05, 3.63) is 60.2 Å². The SMILES string of the molecule is CCCCS(=O)(=O)Nc1ccc(N2CCC(Cc3ccccc3)CC2)cc1. The summed E-state index contributed by atoms with van der Waals surface area (Å²) in [4.78, 5) is 2.40. The molecule has 1 heterocycles. The predicted octanol–water partition coefficient (Wildman–Crippen LogP) is 4.69. The minimum absolute atomic E-state index is 0.181. The van der Waals surface area contributed by atoms with Crippen molar-refractivity contribution < 1.29 is 8.42 Å². The van der Waals surface area contributed by atoms with Gasteiger partial charge in [0.25, 0.3) is 0 Å². The van der Waals surface area contributed by atoms with Crippen molar-refractivity contribution in [2.24, 2.45) is 5.92 Å². The largest absolute Gasteiger partial charge is 0.372 e. The summed E-state index contributed by atoms with van der Waals surface area (Å²) in [6, 6.07) is 18.5. The van der Waals surface area contributed by atoms with Gasteiger partial charge in [-0.3, -0.25) is 4.72 Å². The van der Waals surface area contributed by atoms with Crippen LogP contribution in [-0.4, -0.2) is 27.3 Å². The van der Waals surface area contributed by atoms with Crippen LogP contribution < -0.4 is 9.62 Å². The van der Waals surface area contributed by atoms with E-state index in [1.165, 1.54) is 24.1 Å². The topological polar surface area (TPSA) is 49.4 Å². The molecule has 0 aliphatic carbocycles. The van der Waals surface area contributed by atoms with Gasteiger partial charge in [-0.25, -0.2) is 8.42 Å². The van der Waals surface area contributed by atoms with Crippen molar-refractivity contribution in [1.29, 1.82) is 0 Å². The molecule has 2 aromatic rings. The number of sulfonamides is 1. The summed E-state index contributed by atoms with van der Waals surface area (Å²) < 4.78 is 26.7. The van der Waals surface area contributed by atoms with Gasteiger partial charge in [-0.15, -0.1) is 0 Å². The predicted molar refractivity (Wildman–Crippen MR) is 114 cm³/mol. The Morgan fingerprint density at radius 3 is 2.30 bits per heavy atom. The monoisotopic (exact) mass is 386 g/mol. The Kier molecular flexibility index (Phi) is 6.78. The van der Waals surface area contributed by atoms with Gasteiger partial charge in [0.15, 0.2) is 0 Å². The Bertz CT molecular complexity index is 796. The fourth-order valence-corrected chi connectivity index (χ4v) is 4.91. The van der Waals surface area contributed by atoms with Crippen molar-refractivity contribution in [1.82, 2.24) is 0 Å². The normalized spacial score (nSPS) is 15.7. The first-order valence-electron chi connectivity index (χ1n) is 9.95. The van der Waals surface area contributed by atoms with E-state index in [9.17, 15) is 8.42 Å². The Hall–Kier alpha value is -2.01. The van der Waals surface area contributed by atoms with Crippen LogP contribution in [0.15, 0.2) is 54.6 Å². The molecule has 0 atom stereocenters. The molecule has 0 spiro atoms. The summed E-state index contributed by atoms with van der Waals surface area (Å²) in [5.41, 5.74) is 3.24. The van der Waals surface area contributed by atoms with Gasteiger partial charge in [0.1, 0.15) is 0 Å². The maximum absolute atomic E-state index is 12.0. The maximum atomic E-state index is 12.0. The zero-order chi connectivity index (χ0) is 19.1. The van der Waals surface area contributed by atoms with E-state index in [1.54, 1.807) is 0 Å². The van der Waals surface area contributed by atoms with E-state index in [4.69, 9.17) is 0 Å². The zero-order valence-corrected chi connectivity index (χ0v) is 16.9. The minimum Gasteiger partial charge on any atom is -0.372 e. The molecule has 3 rings (SSSR count). The van der Waals surface area contributed by atoms with Crippen LogP contribution in [0.25, 0.3) is 0 Å². The fraction of sp³-hybridized carbons (Fsp3) is 0.455. The number of piperidine rings is 1. The molecule has 2 aromatic carbocycles. The molecule has 0 radical (unpaired) electrons. The molecule has 0 amide bonds. The third kappa shape index (κ3) is 5.99. The average molecular weight is 387 g/mol. The van der Waals surface area contributed by atoms with Gasteiger partial charge in [0.05, 0.1) is 5.75 Å². The van der Waals surface area contributed by atoms with Crippen molar-refractivity contribution in [3.8, 4) is 0 Å². The molecule has 1 aliphatic rings. The summed E-state index contributed by atoms with van der Waals surface area (Å²) in [5, 5.41) is 0. The summed E-state index contributed by atoms with van der Waals surface area (Å²) in [6.45, 7) is 4.10. The maximum Gasteiger partial charge on any atom is 0.232 e. The number of nitrogens with one attached hydrogen (secondary N) is 1. The molecule has 27 heavy (non-hydrogen) atoms. The van der Waals surface area contributed by atoms with Crippen molar-refractivity contribution in [2.75, 3.05) is 28.5 Å². The highest BCUT2D eigenvalue weighted by molar-refractivity contribution is 7.92. The zero-order valence-electron chi connectivity index (χ0n) is 16.1. The van der Waals surface area contributed by atoms with Gasteiger partial charge in [0.2, 0.25) is 10.0 Å². The van der Waals surface area contributed by atoms with Crippen LogP contribution in [0.4, 0.5) is 11.4 Å². The standard InChI is InChI=1S/C22H30N2O2S/c1-2-3-17-27(25,26)23-21-9-11-22(12-10-21)24-15-13-20(14-16-24)18-19-7-5-4-6-8-19/h4-12,20,23H,2-3,13-18H2,1H3. The lowest BCUT2D eigenvalue weighted by Crippen LogP contribution is -2.34. The van der Waals surface area contributed by atoms with Crippen molar-refractivity contribution in [3.63, 3.8) is 0 Å². The number of rotatable bonds is 8. The minimum atomic E-state index is -3.24. The summed E-state index contributed by atoms with van der Waals surface area (Å²) in [7, 11) is -3.24. The fourth-order valence-electron chi connectivity index (χ4n) is 3.65. The number of unbranched alkanes of at least 4 members (excludes halogenated alkanes) is 1. The molecule has 0 aromatic heterocycles.